The second-order valence-corrected chi connectivity index (χ2v) is 6.17. The second-order valence-electron chi connectivity index (χ2n) is 6.17. The van der Waals surface area contributed by atoms with E-state index in [0.29, 0.717) is 6.61 Å². The molecule has 0 saturated heterocycles. The summed E-state index contributed by atoms with van der Waals surface area (Å²) in [5.41, 5.74) is 4.77. The van der Waals surface area contributed by atoms with Crippen LogP contribution in [0.25, 0.3) is 0 Å². The predicted molar refractivity (Wildman–Crippen MR) is 91.5 cm³/mol. The minimum Gasteiger partial charge on any atom is -0.333 e. The van der Waals surface area contributed by atoms with Crippen molar-refractivity contribution in [2.75, 3.05) is 6.61 Å². The minimum atomic E-state index is -0.874. The first-order valence-corrected chi connectivity index (χ1v) is 9.36. The highest BCUT2D eigenvalue weighted by atomic mass is 17.2. The van der Waals surface area contributed by atoms with Crippen molar-refractivity contribution in [3.8, 4) is 0 Å². The molecular weight excluding hydrogens is 278 g/mol. The first-order chi connectivity index (χ1) is 10.8. The Morgan fingerprint density at radius 2 is 1.05 bits per heavy atom. The van der Waals surface area contributed by atoms with Gasteiger partial charge in [-0.25, -0.2) is 4.79 Å². The molecule has 0 aliphatic carbocycles. The number of carbonyl (C=O) groups excluding carboxylic acids is 1. The second kappa shape index (κ2) is 18.3. The topological polar surface area (TPSA) is 61.6 Å². The number of primary amides is 1. The van der Waals surface area contributed by atoms with Crippen LogP contribution in [0.1, 0.15) is 103 Å². The molecule has 132 valence electrons. The predicted octanol–water partition coefficient (Wildman–Crippen LogP) is 5.88. The van der Waals surface area contributed by atoms with Crippen molar-refractivity contribution in [2.24, 2.45) is 5.73 Å². The summed E-state index contributed by atoms with van der Waals surface area (Å²) in [6, 6.07) is 0. The Kier molecular flexibility index (Phi) is 17.6. The summed E-state index contributed by atoms with van der Waals surface area (Å²) in [6.45, 7) is 2.72. The summed E-state index contributed by atoms with van der Waals surface area (Å²) in [4.78, 5) is 19.1. The lowest BCUT2D eigenvalue weighted by Gasteiger charge is -2.03. The van der Waals surface area contributed by atoms with E-state index in [2.05, 4.69) is 16.7 Å². The quantitative estimate of drug-likeness (QED) is 0.207. The molecule has 0 rings (SSSR count). The third-order valence-corrected chi connectivity index (χ3v) is 3.97. The highest BCUT2D eigenvalue weighted by molar-refractivity contribution is 5.63. The van der Waals surface area contributed by atoms with E-state index >= 15 is 0 Å². The van der Waals surface area contributed by atoms with Crippen molar-refractivity contribution in [2.45, 2.75) is 103 Å². The zero-order valence-corrected chi connectivity index (χ0v) is 14.6. The molecule has 0 saturated carbocycles. The standard InChI is InChI=1S/C18H37NO3/c1-2-3-4-5-6-7-8-9-10-11-12-13-14-15-16-17-21-22-18(19)20/h2-17H2,1H3,(H2,19,20). The number of hydrogen-bond acceptors (Lipinski definition) is 3. The van der Waals surface area contributed by atoms with Crippen LogP contribution >= 0.6 is 0 Å². The fraction of sp³-hybridized carbons (Fsp3) is 0.944. The van der Waals surface area contributed by atoms with E-state index in [1.807, 2.05) is 0 Å². The van der Waals surface area contributed by atoms with Gasteiger partial charge in [0.25, 0.3) is 0 Å². The molecule has 4 heteroatoms. The lowest BCUT2D eigenvalue weighted by Crippen LogP contribution is -2.13. The Bertz CT molecular complexity index is 234. The largest absolute Gasteiger partial charge is 0.436 e. The summed E-state index contributed by atoms with van der Waals surface area (Å²) in [5, 5.41) is 0. The molecule has 0 aromatic carbocycles. The van der Waals surface area contributed by atoms with Crippen molar-refractivity contribution in [3.05, 3.63) is 0 Å². The number of hydrogen-bond donors (Lipinski definition) is 1. The van der Waals surface area contributed by atoms with Gasteiger partial charge in [0.1, 0.15) is 0 Å². The van der Waals surface area contributed by atoms with Gasteiger partial charge in [-0.15, -0.1) is 0 Å². The lowest BCUT2D eigenvalue weighted by molar-refractivity contribution is -0.236. The highest BCUT2D eigenvalue weighted by Crippen LogP contribution is 2.13. The first kappa shape index (κ1) is 21.2. The van der Waals surface area contributed by atoms with Crippen molar-refractivity contribution in [1.29, 1.82) is 0 Å². The van der Waals surface area contributed by atoms with Crippen molar-refractivity contribution >= 4 is 6.09 Å². The van der Waals surface area contributed by atoms with Crippen LogP contribution in [-0.2, 0) is 9.78 Å². The fourth-order valence-electron chi connectivity index (χ4n) is 2.63. The van der Waals surface area contributed by atoms with E-state index in [0.717, 1.165) is 12.8 Å². The zero-order valence-electron chi connectivity index (χ0n) is 14.6. The third kappa shape index (κ3) is 19.2. The van der Waals surface area contributed by atoms with E-state index < -0.39 is 6.09 Å². The zero-order chi connectivity index (χ0) is 16.3. The maximum absolute atomic E-state index is 10.2. The van der Waals surface area contributed by atoms with Gasteiger partial charge in [0.2, 0.25) is 0 Å². The van der Waals surface area contributed by atoms with Crippen LogP contribution in [0.3, 0.4) is 0 Å². The van der Waals surface area contributed by atoms with Gasteiger partial charge in [-0.3, -0.25) is 4.89 Å². The average molecular weight is 315 g/mol. The molecule has 0 aliphatic rings. The van der Waals surface area contributed by atoms with Crippen LogP contribution in [0.4, 0.5) is 4.79 Å². The van der Waals surface area contributed by atoms with Crippen LogP contribution < -0.4 is 5.73 Å². The van der Waals surface area contributed by atoms with Gasteiger partial charge in [-0.2, -0.15) is 4.89 Å². The maximum atomic E-state index is 10.2. The summed E-state index contributed by atoms with van der Waals surface area (Å²) < 4.78 is 0. The minimum absolute atomic E-state index is 0.446. The SMILES string of the molecule is CCCCCCCCCCCCCCCCCOOC(N)=O. The Morgan fingerprint density at radius 3 is 1.41 bits per heavy atom. The summed E-state index contributed by atoms with van der Waals surface area (Å²) >= 11 is 0. The first-order valence-electron chi connectivity index (χ1n) is 9.36. The highest BCUT2D eigenvalue weighted by Gasteiger charge is 1.96. The number of amides is 1. The van der Waals surface area contributed by atoms with Crippen molar-refractivity contribution < 1.29 is 14.6 Å². The molecule has 1 amide bonds. The molecule has 22 heavy (non-hydrogen) atoms. The van der Waals surface area contributed by atoms with E-state index in [9.17, 15) is 4.79 Å². The lowest BCUT2D eigenvalue weighted by atomic mass is 10.0. The van der Waals surface area contributed by atoms with Crippen LogP contribution in [0.2, 0.25) is 0 Å². The molecule has 0 unspecified atom stereocenters. The molecule has 0 heterocycles. The Balaban J connectivity index is 2.95. The molecule has 0 aromatic rings. The Hall–Kier alpha value is -0.770. The van der Waals surface area contributed by atoms with Gasteiger partial charge in [0.15, 0.2) is 0 Å². The fourth-order valence-corrected chi connectivity index (χ4v) is 2.63. The average Bonchev–Trinajstić information content (AvgIpc) is 2.50. The van der Waals surface area contributed by atoms with Gasteiger partial charge in [0, 0.05) is 0 Å². The van der Waals surface area contributed by atoms with E-state index in [1.165, 1.54) is 83.5 Å². The number of nitrogens with two attached hydrogens (primary N) is 1. The number of unbranched alkanes of at least 4 members (excludes halogenated alkanes) is 14. The van der Waals surface area contributed by atoms with E-state index in [1.54, 1.807) is 0 Å². The maximum Gasteiger partial charge on any atom is 0.436 e. The smallest absolute Gasteiger partial charge is 0.333 e. The Morgan fingerprint density at radius 1 is 0.682 bits per heavy atom. The Labute approximate surface area is 137 Å². The summed E-state index contributed by atoms with van der Waals surface area (Å²) in [7, 11) is 0. The number of carbonyl (C=O) groups is 1. The van der Waals surface area contributed by atoms with Crippen LogP contribution in [-0.4, -0.2) is 12.7 Å². The van der Waals surface area contributed by atoms with Crippen LogP contribution in [0.15, 0.2) is 0 Å². The molecular formula is C18H37NO3. The molecule has 0 bridgehead atoms. The third-order valence-electron chi connectivity index (χ3n) is 3.97. The van der Waals surface area contributed by atoms with Crippen LogP contribution in [0.5, 0.6) is 0 Å². The van der Waals surface area contributed by atoms with Gasteiger partial charge in [-0.05, 0) is 6.42 Å². The molecule has 0 spiro atoms. The summed E-state index contributed by atoms with van der Waals surface area (Å²) in [5.74, 6) is 0. The van der Waals surface area contributed by atoms with Crippen LogP contribution in [0, 0.1) is 0 Å². The van der Waals surface area contributed by atoms with Gasteiger partial charge >= 0.3 is 6.09 Å². The summed E-state index contributed by atoms with van der Waals surface area (Å²) in [6.07, 6.45) is 19.1. The molecule has 0 atom stereocenters. The van der Waals surface area contributed by atoms with E-state index in [-0.39, 0.29) is 0 Å². The monoisotopic (exact) mass is 315 g/mol. The molecule has 0 aromatic heterocycles. The number of rotatable bonds is 17. The van der Waals surface area contributed by atoms with Gasteiger partial charge in [-0.1, -0.05) is 96.8 Å². The molecule has 2 N–H and O–H groups in total. The molecule has 4 nitrogen and oxygen atoms in total. The van der Waals surface area contributed by atoms with Crippen molar-refractivity contribution in [3.63, 3.8) is 0 Å². The van der Waals surface area contributed by atoms with Crippen molar-refractivity contribution in [1.82, 2.24) is 0 Å². The molecule has 0 fully saturated rings. The normalized spacial score (nSPS) is 10.8. The van der Waals surface area contributed by atoms with Gasteiger partial charge < -0.3 is 5.73 Å². The van der Waals surface area contributed by atoms with Gasteiger partial charge in [0.05, 0.1) is 6.61 Å². The molecule has 0 radical (unpaired) electrons. The van der Waals surface area contributed by atoms with E-state index in [4.69, 9.17) is 5.73 Å². The molecule has 0 aliphatic heterocycles.